The van der Waals surface area contributed by atoms with Gasteiger partial charge in [0, 0.05) is 37.5 Å². The fourth-order valence-electron chi connectivity index (χ4n) is 2.82. The number of carboxylic acid groups (broad SMARTS) is 3. The second kappa shape index (κ2) is 13.4. The van der Waals surface area contributed by atoms with Crippen LogP contribution in [0.4, 0.5) is 0 Å². The zero-order valence-electron chi connectivity index (χ0n) is 16.7. The van der Waals surface area contributed by atoms with Crippen LogP contribution in [0.3, 0.4) is 0 Å². The molecular formula is C19H29NO9. The topological polar surface area (TPSA) is 175 Å². The zero-order chi connectivity index (χ0) is 22.6. The van der Waals surface area contributed by atoms with Gasteiger partial charge in [0.05, 0.1) is 6.04 Å². The molecule has 0 fully saturated rings. The number of ketones is 2. The maximum atomic E-state index is 12.6. The predicted octanol–water partition coefficient (Wildman–Crippen LogP) is 1.26. The molecule has 164 valence electrons. The molecule has 3 atom stereocenters. The molecule has 29 heavy (non-hydrogen) atoms. The van der Waals surface area contributed by atoms with Gasteiger partial charge < -0.3 is 20.6 Å². The number of carbonyl (C=O) groups is 6. The van der Waals surface area contributed by atoms with E-state index in [-0.39, 0.29) is 50.7 Å². The van der Waals surface area contributed by atoms with Crippen LogP contribution in [0.15, 0.2) is 0 Å². The number of amides is 1. The van der Waals surface area contributed by atoms with Crippen LogP contribution in [0.5, 0.6) is 0 Å². The summed E-state index contributed by atoms with van der Waals surface area (Å²) in [6.07, 6.45) is -1.01. The highest BCUT2D eigenvalue weighted by molar-refractivity contribution is 5.93. The van der Waals surface area contributed by atoms with Crippen molar-refractivity contribution in [3.8, 4) is 0 Å². The van der Waals surface area contributed by atoms with Gasteiger partial charge in [0.15, 0.2) is 5.78 Å². The minimum atomic E-state index is -1.16. The van der Waals surface area contributed by atoms with Crippen molar-refractivity contribution in [1.82, 2.24) is 5.32 Å². The summed E-state index contributed by atoms with van der Waals surface area (Å²) in [5, 5.41) is 28.9. The molecule has 10 nitrogen and oxygen atoms in total. The second-order valence-electron chi connectivity index (χ2n) is 6.94. The first-order valence-corrected chi connectivity index (χ1v) is 9.46. The van der Waals surface area contributed by atoms with E-state index in [1.807, 2.05) is 0 Å². The van der Waals surface area contributed by atoms with Crippen LogP contribution >= 0.6 is 0 Å². The Morgan fingerprint density at radius 3 is 1.62 bits per heavy atom. The van der Waals surface area contributed by atoms with Crippen molar-refractivity contribution in [1.29, 1.82) is 0 Å². The number of Topliss-reactive ketones (excluding diaryl/α,β-unsaturated/α-hetero) is 2. The molecule has 0 aliphatic rings. The van der Waals surface area contributed by atoms with E-state index in [2.05, 4.69) is 5.32 Å². The Balaban J connectivity index is 5.20. The molecular weight excluding hydrogens is 386 g/mol. The van der Waals surface area contributed by atoms with E-state index >= 15 is 0 Å². The molecule has 0 aromatic heterocycles. The molecule has 0 aliphatic carbocycles. The average Bonchev–Trinajstić information content (AvgIpc) is 2.61. The monoisotopic (exact) mass is 415 g/mol. The summed E-state index contributed by atoms with van der Waals surface area (Å²) in [5.74, 6) is -6.29. The first-order chi connectivity index (χ1) is 13.5. The molecule has 0 spiro atoms. The highest BCUT2D eigenvalue weighted by Gasteiger charge is 2.28. The Kier molecular flexibility index (Phi) is 12.1. The molecule has 0 saturated carbocycles. The number of carbonyl (C=O) groups excluding carboxylic acids is 3. The second-order valence-corrected chi connectivity index (χ2v) is 6.94. The number of rotatable bonds is 16. The summed E-state index contributed by atoms with van der Waals surface area (Å²) in [5.41, 5.74) is 0. The standard InChI is InChI=1S/C19H29NO9/c1-3-12(4-7-16(23)24)19(29)20-14(6-9-18(27)28)15(22)10-13(11(2)21)5-8-17(25)26/h12-14H,3-10H2,1-2H3,(H,20,29)(H,23,24)(H,25,26)(H,27,28). The summed E-state index contributed by atoms with van der Waals surface area (Å²) < 4.78 is 0. The molecule has 10 heteroatoms. The maximum absolute atomic E-state index is 12.6. The van der Waals surface area contributed by atoms with Crippen LogP contribution in [0.2, 0.25) is 0 Å². The molecule has 0 radical (unpaired) electrons. The van der Waals surface area contributed by atoms with Crippen LogP contribution in [0.25, 0.3) is 0 Å². The molecule has 1 amide bonds. The van der Waals surface area contributed by atoms with Gasteiger partial charge in [-0.15, -0.1) is 0 Å². The molecule has 0 rings (SSSR count). The quantitative estimate of drug-likeness (QED) is 0.289. The summed E-state index contributed by atoms with van der Waals surface area (Å²) in [6.45, 7) is 2.93. The Labute approximate surface area is 168 Å². The summed E-state index contributed by atoms with van der Waals surface area (Å²) in [4.78, 5) is 69.1. The van der Waals surface area contributed by atoms with E-state index in [0.717, 1.165) is 0 Å². The molecule has 4 N–H and O–H groups in total. The zero-order valence-corrected chi connectivity index (χ0v) is 16.7. The number of hydrogen-bond donors (Lipinski definition) is 4. The van der Waals surface area contributed by atoms with Gasteiger partial charge in [-0.1, -0.05) is 6.92 Å². The Hall–Kier alpha value is -2.78. The first kappa shape index (κ1) is 26.2. The van der Waals surface area contributed by atoms with E-state index in [0.29, 0.717) is 6.42 Å². The van der Waals surface area contributed by atoms with Gasteiger partial charge in [-0.25, -0.2) is 0 Å². The Bertz CT molecular complexity index is 629. The lowest BCUT2D eigenvalue weighted by molar-refractivity contribution is -0.140. The minimum absolute atomic E-state index is 0.0355. The fourth-order valence-corrected chi connectivity index (χ4v) is 2.82. The van der Waals surface area contributed by atoms with Crippen molar-refractivity contribution in [2.45, 2.75) is 71.3 Å². The van der Waals surface area contributed by atoms with Gasteiger partial charge >= 0.3 is 17.9 Å². The third-order valence-corrected chi connectivity index (χ3v) is 4.65. The Morgan fingerprint density at radius 2 is 1.21 bits per heavy atom. The number of nitrogens with one attached hydrogen (secondary N) is 1. The largest absolute Gasteiger partial charge is 0.481 e. The highest BCUT2D eigenvalue weighted by Crippen LogP contribution is 2.17. The van der Waals surface area contributed by atoms with Gasteiger partial charge in [-0.3, -0.25) is 28.8 Å². The first-order valence-electron chi connectivity index (χ1n) is 9.46. The molecule has 0 bridgehead atoms. The van der Waals surface area contributed by atoms with Crippen molar-refractivity contribution >= 4 is 35.4 Å². The maximum Gasteiger partial charge on any atom is 0.303 e. The minimum Gasteiger partial charge on any atom is -0.481 e. The molecule has 0 saturated heterocycles. The molecule has 3 unspecified atom stereocenters. The van der Waals surface area contributed by atoms with Crippen molar-refractivity contribution in [3.05, 3.63) is 0 Å². The van der Waals surface area contributed by atoms with Gasteiger partial charge in [0.2, 0.25) is 5.91 Å². The fraction of sp³-hybridized carbons (Fsp3) is 0.684. The number of carboxylic acids is 3. The van der Waals surface area contributed by atoms with E-state index in [4.69, 9.17) is 15.3 Å². The normalized spacial score (nSPS) is 13.7. The van der Waals surface area contributed by atoms with Crippen molar-refractivity contribution in [3.63, 3.8) is 0 Å². The van der Waals surface area contributed by atoms with E-state index in [1.165, 1.54) is 6.92 Å². The number of hydrogen-bond acceptors (Lipinski definition) is 6. The molecule has 0 aliphatic heterocycles. The number of aliphatic carboxylic acids is 3. The van der Waals surface area contributed by atoms with Crippen LogP contribution in [-0.4, -0.2) is 56.7 Å². The molecule has 0 heterocycles. The van der Waals surface area contributed by atoms with E-state index < -0.39 is 47.5 Å². The van der Waals surface area contributed by atoms with Crippen LogP contribution in [-0.2, 0) is 28.8 Å². The van der Waals surface area contributed by atoms with Crippen molar-refractivity contribution in [2.75, 3.05) is 0 Å². The highest BCUT2D eigenvalue weighted by atomic mass is 16.4. The third-order valence-electron chi connectivity index (χ3n) is 4.65. The lowest BCUT2D eigenvalue weighted by Crippen LogP contribution is -2.44. The van der Waals surface area contributed by atoms with Crippen LogP contribution in [0.1, 0.15) is 65.2 Å². The Morgan fingerprint density at radius 1 is 0.759 bits per heavy atom. The van der Waals surface area contributed by atoms with Gasteiger partial charge in [0.1, 0.15) is 5.78 Å². The summed E-state index contributed by atoms with van der Waals surface area (Å²) in [6, 6.07) is -1.15. The molecule has 0 aromatic carbocycles. The lowest BCUT2D eigenvalue weighted by Gasteiger charge is -2.22. The van der Waals surface area contributed by atoms with Gasteiger partial charge in [-0.05, 0) is 32.6 Å². The van der Waals surface area contributed by atoms with Crippen LogP contribution in [0, 0.1) is 11.8 Å². The summed E-state index contributed by atoms with van der Waals surface area (Å²) >= 11 is 0. The van der Waals surface area contributed by atoms with Gasteiger partial charge in [-0.2, -0.15) is 0 Å². The van der Waals surface area contributed by atoms with Crippen molar-refractivity contribution in [2.24, 2.45) is 11.8 Å². The third kappa shape index (κ3) is 11.6. The van der Waals surface area contributed by atoms with Gasteiger partial charge in [0.25, 0.3) is 0 Å². The summed E-state index contributed by atoms with van der Waals surface area (Å²) in [7, 11) is 0. The van der Waals surface area contributed by atoms with Crippen LogP contribution < -0.4 is 5.32 Å². The van der Waals surface area contributed by atoms with E-state index in [1.54, 1.807) is 6.92 Å². The molecule has 0 aromatic rings. The van der Waals surface area contributed by atoms with E-state index in [9.17, 15) is 28.8 Å². The van der Waals surface area contributed by atoms with Crippen molar-refractivity contribution < 1.29 is 44.1 Å². The predicted molar refractivity (Wildman–Crippen MR) is 100 cm³/mol. The average molecular weight is 415 g/mol. The SMILES string of the molecule is CCC(CCC(=O)O)C(=O)NC(CCC(=O)O)C(=O)CC(CCC(=O)O)C(C)=O. The lowest BCUT2D eigenvalue weighted by atomic mass is 9.89. The smallest absolute Gasteiger partial charge is 0.303 e.